The monoisotopic (exact) mass is 465 g/mol. The maximum absolute atomic E-state index is 12.5. The van der Waals surface area contributed by atoms with Crippen LogP contribution in [0.15, 0.2) is 42.5 Å². The molecule has 4 atom stereocenters. The Kier molecular flexibility index (Phi) is 10.2. The molecule has 0 spiro atoms. The highest BCUT2D eigenvalue weighted by Crippen LogP contribution is 2.25. The average Bonchev–Trinajstić information content (AvgIpc) is 2.76. The molecule has 1 aromatic rings. The van der Waals surface area contributed by atoms with Crippen LogP contribution >= 0.6 is 11.8 Å². The van der Waals surface area contributed by atoms with Gasteiger partial charge in [0.05, 0.1) is 6.61 Å². The molecule has 0 aliphatic carbocycles. The summed E-state index contributed by atoms with van der Waals surface area (Å²) in [6.07, 6.45) is 1.93. The van der Waals surface area contributed by atoms with Crippen LogP contribution in [-0.4, -0.2) is 66.5 Å². The highest BCUT2D eigenvalue weighted by molar-refractivity contribution is 8.00. The Morgan fingerprint density at radius 3 is 2.41 bits per heavy atom. The van der Waals surface area contributed by atoms with E-state index < -0.39 is 47.5 Å². The van der Waals surface area contributed by atoms with Gasteiger partial charge in [0, 0.05) is 25.2 Å². The predicted octanol–water partition coefficient (Wildman–Crippen LogP) is 1.86. The van der Waals surface area contributed by atoms with Crippen LogP contribution in [0.4, 0.5) is 0 Å². The van der Waals surface area contributed by atoms with Crippen molar-refractivity contribution in [2.45, 2.75) is 44.5 Å². The fraction of sp³-hybridized carbons (Fsp3) is 0.455. The molecule has 1 aliphatic rings. The predicted molar refractivity (Wildman–Crippen MR) is 117 cm³/mol. The SMILES string of the molecule is CCOC(=O)[C@H](CS[C@@H]1C=C[C@H](OC(C)=O)[C@@H](COC(C)=O)O1)NC(=O)c1ccccc1. The zero-order chi connectivity index (χ0) is 23.5. The molecular weight excluding hydrogens is 438 g/mol. The minimum Gasteiger partial charge on any atom is -0.464 e. The van der Waals surface area contributed by atoms with Gasteiger partial charge in [0.1, 0.15) is 30.3 Å². The van der Waals surface area contributed by atoms with Crippen molar-refractivity contribution in [1.29, 1.82) is 0 Å². The van der Waals surface area contributed by atoms with Gasteiger partial charge in [-0.25, -0.2) is 4.79 Å². The lowest BCUT2D eigenvalue weighted by molar-refractivity contribution is -0.160. The third-order valence-electron chi connectivity index (χ3n) is 4.23. The number of benzene rings is 1. The van der Waals surface area contributed by atoms with Crippen LogP contribution in [0.25, 0.3) is 0 Å². The fourth-order valence-corrected chi connectivity index (χ4v) is 3.81. The Morgan fingerprint density at radius 1 is 1.06 bits per heavy atom. The summed E-state index contributed by atoms with van der Waals surface area (Å²) < 4.78 is 21.2. The zero-order valence-electron chi connectivity index (χ0n) is 18.1. The second-order valence-corrected chi connectivity index (χ2v) is 7.91. The molecule has 1 aromatic carbocycles. The minimum atomic E-state index is -0.900. The van der Waals surface area contributed by atoms with E-state index in [1.165, 1.54) is 25.6 Å². The number of ether oxygens (including phenoxy) is 4. The summed E-state index contributed by atoms with van der Waals surface area (Å²) in [4.78, 5) is 47.4. The Balaban J connectivity index is 2.03. The summed E-state index contributed by atoms with van der Waals surface area (Å²) in [6.45, 7) is 4.31. The fourth-order valence-electron chi connectivity index (χ4n) is 2.79. The van der Waals surface area contributed by atoms with Gasteiger partial charge in [0.2, 0.25) is 0 Å². The number of hydrogen-bond donors (Lipinski definition) is 1. The molecule has 32 heavy (non-hydrogen) atoms. The average molecular weight is 466 g/mol. The van der Waals surface area contributed by atoms with Crippen LogP contribution in [0.1, 0.15) is 31.1 Å². The number of nitrogens with one attached hydrogen (secondary N) is 1. The van der Waals surface area contributed by atoms with Crippen molar-refractivity contribution in [3.8, 4) is 0 Å². The highest BCUT2D eigenvalue weighted by Gasteiger charge is 2.32. The van der Waals surface area contributed by atoms with Crippen LogP contribution in [0.3, 0.4) is 0 Å². The number of thioether (sulfide) groups is 1. The molecule has 1 aliphatic heterocycles. The van der Waals surface area contributed by atoms with Gasteiger partial charge in [0.25, 0.3) is 5.91 Å². The molecule has 0 saturated carbocycles. The van der Waals surface area contributed by atoms with Crippen molar-refractivity contribution in [1.82, 2.24) is 5.32 Å². The summed E-state index contributed by atoms with van der Waals surface area (Å²) >= 11 is 1.25. The lowest BCUT2D eigenvalue weighted by Crippen LogP contribution is -2.45. The van der Waals surface area contributed by atoms with E-state index in [0.29, 0.717) is 5.56 Å². The summed E-state index contributed by atoms with van der Waals surface area (Å²) in [5.41, 5.74) is -0.0980. The van der Waals surface area contributed by atoms with E-state index in [2.05, 4.69) is 5.32 Å². The number of carbonyl (C=O) groups is 4. The zero-order valence-corrected chi connectivity index (χ0v) is 19.0. The first-order valence-electron chi connectivity index (χ1n) is 10.1. The number of rotatable bonds is 10. The summed E-state index contributed by atoms with van der Waals surface area (Å²) in [5, 5.41) is 2.69. The third kappa shape index (κ3) is 8.35. The molecule has 0 saturated heterocycles. The van der Waals surface area contributed by atoms with E-state index in [4.69, 9.17) is 18.9 Å². The second-order valence-electron chi connectivity index (χ2n) is 6.78. The minimum absolute atomic E-state index is 0.0965. The van der Waals surface area contributed by atoms with Crippen molar-refractivity contribution < 1.29 is 38.1 Å². The molecule has 0 bridgehead atoms. The van der Waals surface area contributed by atoms with E-state index in [-0.39, 0.29) is 19.0 Å². The van der Waals surface area contributed by atoms with E-state index in [9.17, 15) is 19.2 Å². The lowest BCUT2D eigenvalue weighted by Gasteiger charge is -2.31. The van der Waals surface area contributed by atoms with Crippen LogP contribution in [0.5, 0.6) is 0 Å². The van der Waals surface area contributed by atoms with Crippen molar-refractivity contribution >= 4 is 35.6 Å². The van der Waals surface area contributed by atoms with Gasteiger partial charge < -0.3 is 24.3 Å². The first-order valence-corrected chi connectivity index (χ1v) is 11.1. The molecule has 1 N–H and O–H groups in total. The topological polar surface area (TPSA) is 117 Å². The molecule has 1 heterocycles. The smallest absolute Gasteiger partial charge is 0.329 e. The molecule has 1 amide bonds. The van der Waals surface area contributed by atoms with Gasteiger partial charge >= 0.3 is 17.9 Å². The molecule has 2 rings (SSSR count). The second kappa shape index (κ2) is 12.9. The first kappa shape index (κ1) is 25.4. The summed E-state index contributed by atoms with van der Waals surface area (Å²) in [6, 6.07) is 7.64. The van der Waals surface area contributed by atoms with E-state index in [1.54, 1.807) is 49.4 Å². The molecular formula is C22H27NO8S. The maximum atomic E-state index is 12.5. The normalized spacial score (nSPS) is 20.7. The Morgan fingerprint density at radius 2 is 1.78 bits per heavy atom. The lowest BCUT2D eigenvalue weighted by atomic mass is 10.1. The Bertz CT molecular complexity index is 828. The molecule has 10 heteroatoms. The van der Waals surface area contributed by atoms with Gasteiger partial charge in [-0.3, -0.25) is 14.4 Å². The van der Waals surface area contributed by atoms with Crippen LogP contribution in [0, 0.1) is 0 Å². The number of hydrogen-bond acceptors (Lipinski definition) is 9. The van der Waals surface area contributed by atoms with Gasteiger partial charge in [-0.2, -0.15) is 0 Å². The molecule has 0 fully saturated rings. The van der Waals surface area contributed by atoms with Gasteiger partial charge in [-0.05, 0) is 31.2 Å². The van der Waals surface area contributed by atoms with E-state index in [0.717, 1.165) is 0 Å². The van der Waals surface area contributed by atoms with Crippen molar-refractivity contribution in [3.63, 3.8) is 0 Å². The van der Waals surface area contributed by atoms with Gasteiger partial charge in [-0.1, -0.05) is 18.2 Å². The molecule has 0 unspecified atom stereocenters. The molecule has 0 radical (unpaired) electrons. The number of carbonyl (C=O) groups excluding carboxylic acids is 4. The van der Waals surface area contributed by atoms with Crippen molar-refractivity contribution in [3.05, 3.63) is 48.0 Å². The first-order chi connectivity index (χ1) is 15.3. The van der Waals surface area contributed by atoms with Crippen molar-refractivity contribution in [2.24, 2.45) is 0 Å². The summed E-state index contributed by atoms with van der Waals surface area (Å²) in [7, 11) is 0. The maximum Gasteiger partial charge on any atom is 0.329 e. The molecule has 0 aromatic heterocycles. The van der Waals surface area contributed by atoms with E-state index >= 15 is 0 Å². The van der Waals surface area contributed by atoms with Gasteiger partial charge in [0.15, 0.2) is 0 Å². The summed E-state index contributed by atoms with van der Waals surface area (Å²) in [5.74, 6) is -1.76. The largest absolute Gasteiger partial charge is 0.464 e. The van der Waals surface area contributed by atoms with Gasteiger partial charge in [-0.15, -0.1) is 11.8 Å². The van der Waals surface area contributed by atoms with Crippen LogP contribution in [0.2, 0.25) is 0 Å². The van der Waals surface area contributed by atoms with Crippen molar-refractivity contribution in [2.75, 3.05) is 19.0 Å². The quantitative estimate of drug-likeness (QED) is 0.314. The molecule has 174 valence electrons. The highest BCUT2D eigenvalue weighted by atomic mass is 32.2. The standard InChI is InChI=1S/C22H27NO8S/c1-4-28-22(27)17(23-21(26)16-8-6-5-7-9-16)13-32-20-11-10-18(30-15(3)25)19(31-20)12-29-14(2)24/h5-11,17-20H,4,12-13H2,1-3H3,(H,23,26)/t17-,18-,19+,20+/m0/s1. The Hall–Kier alpha value is -2.85. The molecule has 9 nitrogen and oxygen atoms in total. The van der Waals surface area contributed by atoms with Crippen LogP contribution < -0.4 is 5.32 Å². The number of amides is 1. The number of esters is 3. The van der Waals surface area contributed by atoms with Crippen LogP contribution in [-0.2, 0) is 33.3 Å². The van der Waals surface area contributed by atoms with E-state index in [1.807, 2.05) is 0 Å². The third-order valence-corrected chi connectivity index (χ3v) is 5.35. The Labute approximate surface area is 190 Å².